The summed E-state index contributed by atoms with van der Waals surface area (Å²) in [7, 11) is 4.01. The minimum Gasteiger partial charge on any atom is -0.309 e. The Bertz CT molecular complexity index is 696. The van der Waals surface area contributed by atoms with Gasteiger partial charge >= 0.3 is 0 Å². The molecular weight excluding hydrogens is 262 g/mol. The maximum absolute atomic E-state index is 12.4. The number of nitrogens with zero attached hydrogens (tertiary/aromatic N) is 3. The van der Waals surface area contributed by atoms with Gasteiger partial charge in [-0.1, -0.05) is 30.3 Å². The first-order valence-corrected chi connectivity index (χ1v) is 6.97. The van der Waals surface area contributed by atoms with Gasteiger partial charge in [-0.25, -0.2) is 0 Å². The summed E-state index contributed by atoms with van der Waals surface area (Å²) in [5.41, 5.74) is 1.83. The monoisotopic (exact) mass is 281 g/mol. The predicted molar refractivity (Wildman–Crippen MR) is 84.0 cm³/mol. The molecule has 0 radical (unpaired) electrons. The molecule has 21 heavy (non-hydrogen) atoms. The summed E-state index contributed by atoms with van der Waals surface area (Å²) in [6.45, 7) is 1.51. The number of pyridine rings is 1. The Kier molecular flexibility index (Phi) is 4.91. The van der Waals surface area contributed by atoms with Crippen LogP contribution in [0.15, 0.2) is 47.3 Å². The molecule has 0 amide bonds. The van der Waals surface area contributed by atoms with Crippen LogP contribution >= 0.6 is 0 Å². The fraction of sp³-hybridized carbons (Fsp3) is 0.294. The van der Waals surface area contributed by atoms with Gasteiger partial charge in [0.15, 0.2) is 0 Å². The average Bonchev–Trinajstić information content (AvgIpc) is 2.49. The first-order chi connectivity index (χ1) is 10.1. The van der Waals surface area contributed by atoms with Crippen LogP contribution in [0.3, 0.4) is 0 Å². The largest absolute Gasteiger partial charge is 0.309 e. The van der Waals surface area contributed by atoms with E-state index in [4.69, 9.17) is 5.26 Å². The van der Waals surface area contributed by atoms with Gasteiger partial charge < -0.3 is 9.47 Å². The maximum Gasteiger partial charge on any atom is 0.268 e. The number of rotatable bonds is 5. The summed E-state index contributed by atoms with van der Waals surface area (Å²) in [5, 5.41) is 9.05. The Balaban J connectivity index is 2.43. The van der Waals surface area contributed by atoms with E-state index in [1.165, 1.54) is 0 Å². The SMILES string of the molecule is CN(C)CCCn1c(-c2ccccc2)ccc(C#N)c1=O. The Morgan fingerprint density at radius 2 is 1.86 bits per heavy atom. The van der Waals surface area contributed by atoms with Crippen molar-refractivity contribution in [1.82, 2.24) is 9.47 Å². The van der Waals surface area contributed by atoms with Gasteiger partial charge in [0.1, 0.15) is 11.6 Å². The maximum atomic E-state index is 12.4. The molecule has 4 heteroatoms. The molecule has 0 saturated carbocycles. The van der Waals surface area contributed by atoms with Crippen LogP contribution in [0.2, 0.25) is 0 Å². The molecule has 2 aromatic rings. The Hall–Kier alpha value is -2.38. The third-order valence-electron chi connectivity index (χ3n) is 3.35. The van der Waals surface area contributed by atoms with E-state index >= 15 is 0 Å². The molecule has 0 aliphatic rings. The van der Waals surface area contributed by atoms with Crippen molar-refractivity contribution in [3.05, 3.63) is 58.4 Å². The number of aromatic nitrogens is 1. The normalized spacial score (nSPS) is 10.6. The van der Waals surface area contributed by atoms with Crippen molar-refractivity contribution in [3.8, 4) is 17.3 Å². The van der Waals surface area contributed by atoms with E-state index in [1.807, 2.05) is 56.6 Å². The molecule has 0 aliphatic carbocycles. The number of benzene rings is 1. The van der Waals surface area contributed by atoms with Crippen molar-refractivity contribution in [1.29, 1.82) is 5.26 Å². The van der Waals surface area contributed by atoms with Crippen molar-refractivity contribution in [3.63, 3.8) is 0 Å². The van der Waals surface area contributed by atoms with Gasteiger partial charge in [-0.15, -0.1) is 0 Å². The summed E-state index contributed by atoms with van der Waals surface area (Å²) in [4.78, 5) is 14.5. The molecule has 1 aromatic heterocycles. The van der Waals surface area contributed by atoms with Crippen molar-refractivity contribution >= 4 is 0 Å². The molecular formula is C17H19N3O. The zero-order valence-electron chi connectivity index (χ0n) is 12.4. The lowest BCUT2D eigenvalue weighted by molar-refractivity contribution is 0.385. The van der Waals surface area contributed by atoms with Gasteiger partial charge in [-0.05, 0) is 44.8 Å². The van der Waals surface area contributed by atoms with Crippen LogP contribution in [0.1, 0.15) is 12.0 Å². The fourth-order valence-corrected chi connectivity index (χ4v) is 2.29. The molecule has 2 rings (SSSR count). The standard InChI is InChI=1S/C17H19N3O/c1-19(2)11-6-12-20-16(14-7-4-3-5-8-14)10-9-15(13-18)17(20)21/h3-5,7-10H,6,11-12H2,1-2H3. The first-order valence-electron chi connectivity index (χ1n) is 6.97. The first kappa shape index (κ1) is 15.0. The van der Waals surface area contributed by atoms with Crippen LogP contribution in [0, 0.1) is 11.3 Å². The average molecular weight is 281 g/mol. The highest BCUT2D eigenvalue weighted by molar-refractivity contribution is 5.60. The van der Waals surface area contributed by atoms with Crippen molar-refractivity contribution in [2.24, 2.45) is 0 Å². The van der Waals surface area contributed by atoms with Crippen LogP contribution < -0.4 is 5.56 Å². The molecule has 4 nitrogen and oxygen atoms in total. The molecule has 0 saturated heterocycles. The van der Waals surface area contributed by atoms with Gasteiger partial charge in [-0.2, -0.15) is 5.26 Å². The van der Waals surface area contributed by atoms with Gasteiger partial charge in [0.25, 0.3) is 5.56 Å². The van der Waals surface area contributed by atoms with E-state index in [2.05, 4.69) is 4.90 Å². The zero-order valence-corrected chi connectivity index (χ0v) is 12.4. The molecule has 1 heterocycles. The van der Waals surface area contributed by atoms with E-state index in [0.717, 1.165) is 24.2 Å². The van der Waals surface area contributed by atoms with Crippen molar-refractivity contribution in [2.45, 2.75) is 13.0 Å². The topological polar surface area (TPSA) is 49.0 Å². The fourth-order valence-electron chi connectivity index (χ4n) is 2.29. The number of hydrogen-bond donors (Lipinski definition) is 0. The molecule has 1 aromatic carbocycles. The van der Waals surface area contributed by atoms with Gasteiger partial charge in [0, 0.05) is 6.54 Å². The highest BCUT2D eigenvalue weighted by atomic mass is 16.1. The predicted octanol–water partition coefficient (Wildman–Crippen LogP) is 2.34. The van der Waals surface area contributed by atoms with E-state index in [-0.39, 0.29) is 11.1 Å². The Morgan fingerprint density at radius 3 is 2.48 bits per heavy atom. The second kappa shape index (κ2) is 6.87. The molecule has 0 bridgehead atoms. The van der Waals surface area contributed by atoms with Crippen LogP contribution in [0.4, 0.5) is 0 Å². The number of hydrogen-bond acceptors (Lipinski definition) is 3. The van der Waals surface area contributed by atoms with Crippen molar-refractivity contribution < 1.29 is 0 Å². The summed E-state index contributed by atoms with van der Waals surface area (Å²) < 4.78 is 1.71. The third-order valence-corrected chi connectivity index (χ3v) is 3.35. The zero-order chi connectivity index (χ0) is 15.2. The van der Waals surface area contributed by atoms with Crippen LogP contribution in [-0.4, -0.2) is 30.1 Å². The van der Waals surface area contributed by atoms with Crippen LogP contribution in [-0.2, 0) is 6.54 Å². The van der Waals surface area contributed by atoms with Gasteiger partial charge in [0.2, 0.25) is 0 Å². The van der Waals surface area contributed by atoms with Crippen molar-refractivity contribution in [2.75, 3.05) is 20.6 Å². The second-order valence-electron chi connectivity index (χ2n) is 5.22. The highest BCUT2D eigenvalue weighted by Gasteiger charge is 2.10. The van der Waals surface area contributed by atoms with Crippen LogP contribution in [0.5, 0.6) is 0 Å². The summed E-state index contributed by atoms with van der Waals surface area (Å²) in [5.74, 6) is 0. The summed E-state index contributed by atoms with van der Waals surface area (Å²) >= 11 is 0. The van der Waals surface area contributed by atoms with Gasteiger partial charge in [0.05, 0.1) is 5.69 Å². The van der Waals surface area contributed by atoms with E-state index in [9.17, 15) is 4.79 Å². The molecule has 0 unspecified atom stereocenters. The summed E-state index contributed by atoms with van der Waals surface area (Å²) in [6.07, 6.45) is 0.863. The summed E-state index contributed by atoms with van der Waals surface area (Å²) in [6, 6.07) is 15.2. The molecule has 0 N–H and O–H groups in total. The molecule has 0 fully saturated rings. The van der Waals surface area contributed by atoms with E-state index in [1.54, 1.807) is 10.6 Å². The van der Waals surface area contributed by atoms with Gasteiger partial charge in [-0.3, -0.25) is 4.79 Å². The van der Waals surface area contributed by atoms with E-state index < -0.39 is 0 Å². The minimum atomic E-state index is -0.211. The van der Waals surface area contributed by atoms with Crippen LogP contribution in [0.25, 0.3) is 11.3 Å². The lowest BCUT2D eigenvalue weighted by Gasteiger charge is -2.15. The number of nitriles is 1. The molecule has 108 valence electrons. The molecule has 0 aliphatic heterocycles. The smallest absolute Gasteiger partial charge is 0.268 e. The quantitative estimate of drug-likeness (QED) is 0.845. The molecule has 0 spiro atoms. The lowest BCUT2D eigenvalue weighted by Crippen LogP contribution is -2.26. The second-order valence-corrected chi connectivity index (χ2v) is 5.22. The minimum absolute atomic E-state index is 0.194. The lowest BCUT2D eigenvalue weighted by atomic mass is 10.1. The third kappa shape index (κ3) is 3.59. The highest BCUT2D eigenvalue weighted by Crippen LogP contribution is 2.18. The molecule has 0 atom stereocenters. The van der Waals surface area contributed by atoms with E-state index in [0.29, 0.717) is 6.54 Å². The Morgan fingerprint density at radius 1 is 1.14 bits per heavy atom. The Labute approximate surface area is 124 Å².